The van der Waals surface area contributed by atoms with E-state index in [4.69, 9.17) is 0 Å². The summed E-state index contributed by atoms with van der Waals surface area (Å²) in [6, 6.07) is 13.8. The number of rotatable bonds is 14. The van der Waals surface area contributed by atoms with Crippen LogP contribution in [0.2, 0.25) is 0 Å². The number of aromatic hydroxyl groups is 2. The standard InChI is InChI=1S/C20H34O.C11H16O/c1-3-5-7-9-11-13-18-15-16-20(21)19(17-18)14-12-10-8-6-4-2;1-4-11(2,3)9-7-5-6-8-10(9)12/h15-17,21H,3-14H2,1-2H3;5-8,12H,4H2,1-3H3. The van der Waals surface area contributed by atoms with Gasteiger partial charge in [0, 0.05) is 0 Å². The van der Waals surface area contributed by atoms with Crippen molar-refractivity contribution in [2.24, 2.45) is 0 Å². The fourth-order valence-electron chi connectivity index (χ4n) is 4.08. The Morgan fingerprint density at radius 1 is 0.636 bits per heavy atom. The third-order valence-electron chi connectivity index (χ3n) is 6.78. The van der Waals surface area contributed by atoms with Crippen molar-refractivity contribution < 1.29 is 10.2 Å². The van der Waals surface area contributed by atoms with E-state index in [2.05, 4.69) is 46.8 Å². The van der Waals surface area contributed by atoms with E-state index in [1.165, 1.54) is 69.8 Å². The van der Waals surface area contributed by atoms with Crippen LogP contribution in [0.25, 0.3) is 0 Å². The van der Waals surface area contributed by atoms with Gasteiger partial charge in [-0.25, -0.2) is 0 Å². The van der Waals surface area contributed by atoms with Gasteiger partial charge in [-0.2, -0.15) is 0 Å². The summed E-state index contributed by atoms with van der Waals surface area (Å²) in [6.45, 7) is 10.9. The Morgan fingerprint density at radius 3 is 1.79 bits per heavy atom. The van der Waals surface area contributed by atoms with E-state index in [0.29, 0.717) is 11.5 Å². The molecule has 0 heterocycles. The molecule has 0 saturated carbocycles. The first-order chi connectivity index (χ1) is 15.9. The first-order valence-electron chi connectivity index (χ1n) is 13.4. The molecule has 0 aliphatic heterocycles. The van der Waals surface area contributed by atoms with E-state index < -0.39 is 0 Å². The molecule has 2 N–H and O–H groups in total. The third kappa shape index (κ3) is 11.6. The van der Waals surface area contributed by atoms with Gasteiger partial charge in [0.05, 0.1) is 0 Å². The van der Waals surface area contributed by atoms with Crippen LogP contribution >= 0.6 is 0 Å². The summed E-state index contributed by atoms with van der Waals surface area (Å²) >= 11 is 0. The number of para-hydroxylation sites is 1. The average Bonchev–Trinajstić information content (AvgIpc) is 2.81. The summed E-state index contributed by atoms with van der Waals surface area (Å²) in [7, 11) is 0. The fraction of sp³-hybridized carbons (Fsp3) is 0.613. The van der Waals surface area contributed by atoms with Gasteiger partial charge < -0.3 is 10.2 Å². The van der Waals surface area contributed by atoms with E-state index in [1.807, 2.05) is 24.3 Å². The molecule has 2 aromatic carbocycles. The normalized spacial score (nSPS) is 11.2. The molecule has 0 aliphatic rings. The van der Waals surface area contributed by atoms with Crippen molar-refractivity contribution in [3.8, 4) is 11.5 Å². The molecule has 2 heteroatoms. The van der Waals surface area contributed by atoms with Crippen molar-refractivity contribution in [2.45, 2.75) is 124 Å². The van der Waals surface area contributed by atoms with E-state index in [9.17, 15) is 10.2 Å². The molecular formula is C31H50O2. The number of phenolic OH excluding ortho intramolecular Hbond substituents is 2. The Morgan fingerprint density at radius 2 is 1.21 bits per heavy atom. The summed E-state index contributed by atoms with van der Waals surface area (Å²) in [5, 5.41) is 19.6. The zero-order valence-corrected chi connectivity index (χ0v) is 22.1. The molecule has 186 valence electrons. The minimum Gasteiger partial charge on any atom is -0.508 e. The lowest BCUT2D eigenvalue weighted by Crippen LogP contribution is -2.15. The molecular weight excluding hydrogens is 404 g/mol. The topological polar surface area (TPSA) is 40.5 Å². The molecule has 33 heavy (non-hydrogen) atoms. The zero-order valence-electron chi connectivity index (χ0n) is 22.1. The first-order valence-corrected chi connectivity index (χ1v) is 13.4. The van der Waals surface area contributed by atoms with Crippen molar-refractivity contribution in [1.82, 2.24) is 0 Å². The molecule has 0 spiro atoms. The number of benzene rings is 2. The lowest BCUT2D eigenvalue weighted by Gasteiger charge is -2.23. The van der Waals surface area contributed by atoms with Gasteiger partial charge in [0.2, 0.25) is 0 Å². The molecule has 0 amide bonds. The molecule has 2 rings (SSSR count). The van der Waals surface area contributed by atoms with Crippen LogP contribution in [0.1, 0.15) is 122 Å². The van der Waals surface area contributed by atoms with Crippen LogP contribution in [0.3, 0.4) is 0 Å². The Labute approximate surface area is 204 Å². The Hall–Kier alpha value is -1.96. The summed E-state index contributed by atoms with van der Waals surface area (Å²) in [4.78, 5) is 0. The van der Waals surface area contributed by atoms with Crippen LogP contribution in [-0.4, -0.2) is 10.2 Å². The van der Waals surface area contributed by atoms with E-state index in [1.54, 1.807) is 6.07 Å². The lowest BCUT2D eigenvalue weighted by atomic mass is 9.82. The summed E-state index contributed by atoms with van der Waals surface area (Å²) in [6.07, 6.45) is 16.3. The first kappa shape index (κ1) is 29.1. The Bertz CT molecular complexity index is 763. The third-order valence-corrected chi connectivity index (χ3v) is 6.78. The lowest BCUT2D eigenvalue weighted by molar-refractivity contribution is 0.429. The van der Waals surface area contributed by atoms with Crippen molar-refractivity contribution in [2.75, 3.05) is 0 Å². The molecule has 0 unspecified atom stereocenters. The maximum Gasteiger partial charge on any atom is 0.119 e. The van der Waals surface area contributed by atoms with Crippen LogP contribution in [-0.2, 0) is 18.3 Å². The highest BCUT2D eigenvalue weighted by atomic mass is 16.3. The van der Waals surface area contributed by atoms with E-state index in [-0.39, 0.29) is 5.41 Å². The number of phenols is 2. The number of hydrogen-bond donors (Lipinski definition) is 2. The predicted molar refractivity (Wildman–Crippen MR) is 144 cm³/mol. The van der Waals surface area contributed by atoms with Crippen molar-refractivity contribution >= 4 is 0 Å². The maximum atomic E-state index is 9.98. The number of hydrogen-bond acceptors (Lipinski definition) is 2. The molecule has 0 radical (unpaired) electrons. The number of unbranched alkanes of at least 4 members (excludes halogenated alkanes) is 8. The van der Waals surface area contributed by atoms with E-state index in [0.717, 1.165) is 30.4 Å². The van der Waals surface area contributed by atoms with Crippen LogP contribution in [0.4, 0.5) is 0 Å². The van der Waals surface area contributed by atoms with Gasteiger partial charge in [-0.1, -0.05) is 116 Å². The van der Waals surface area contributed by atoms with Crippen LogP contribution < -0.4 is 0 Å². The van der Waals surface area contributed by atoms with Gasteiger partial charge in [-0.15, -0.1) is 0 Å². The van der Waals surface area contributed by atoms with Gasteiger partial charge in [0.15, 0.2) is 0 Å². The van der Waals surface area contributed by atoms with E-state index >= 15 is 0 Å². The molecule has 0 bridgehead atoms. The second-order valence-corrected chi connectivity index (χ2v) is 10.0. The molecule has 0 atom stereocenters. The van der Waals surface area contributed by atoms with Crippen LogP contribution in [0.15, 0.2) is 42.5 Å². The monoisotopic (exact) mass is 454 g/mol. The minimum atomic E-state index is 0.0747. The molecule has 0 aromatic heterocycles. The van der Waals surface area contributed by atoms with Gasteiger partial charge in [-0.05, 0) is 66.3 Å². The molecule has 0 fully saturated rings. The average molecular weight is 455 g/mol. The summed E-state index contributed by atoms with van der Waals surface area (Å²) < 4.78 is 0. The van der Waals surface area contributed by atoms with Gasteiger partial charge in [0.1, 0.15) is 11.5 Å². The van der Waals surface area contributed by atoms with Gasteiger partial charge in [-0.3, -0.25) is 0 Å². The highest BCUT2D eigenvalue weighted by molar-refractivity contribution is 5.37. The predicted octanol–water partition coefficient (Wildman–Crippen LogP) is 9.50. The van der Waals surface area contributed by atoms with Crippen molar-refractivity contribution in [1.29, 1.82) is 0 Å². The molecule has 2 aromatic rings. The second kappa shape index (κ2) is 16.6. The van der Waals surface area contributed by atoms with Crippen molar-refractivity contribution in [3.63, 3.8) is 0 Å². The van der Waals surface area contributed by atoms with Crippen LogP contribution in [0, 0.1) is 0 Å². The molecule has 0 saturated heterocycles. The SMILES string of the molecule is CCC(C)(C)c1ccccc1O.CCCCCCCc1ccc(O)c(CCCCCCC)c1. The second-order valence-electron chi connectivity index (χ2n) is 10.0. The molecule has 2 nitrogen and oxygen atoms in total. The smallest absolute Gasteiger partial charge is 0.119 e. The Balaban J connectivity index is 0.000000383. The largest absolute Gasteiger partial charge is 0.508 e. The quantitative estimate of drug-likeness (QED) is 0.279. The highest BCUT2D eigenvalue weighted by Gasteiger charge is 2.20. The summed E-state index contributed by atoms with van der Waals surface area (Å²) in [5.74, 6) is 0.893. The maximum absolute atomic E-state index is 9.98. The zero-order chi connectivity index (χ0) is 24.5. The van der Waals surface area contributed by atoms with Gasteiger partial charge in [0.25, 0.3) is 0 Å². The van der Waals surface area contributed by atoms with Crippen molar-refractivity contribution in [3.05, 3.63) is 59.2 Å². The highest BCUT2D eigenvalue weighted by Crippen LogP contribution is 2.32. The fourth-order valence-corrected chi connectivity index (χ4v) is 4.08. The Kier molecular flexibility index (Phi) is 14.6. The molecule has 0 aliphatic carbocycles. The minimum absolute atomic E-state index is 0.0747. The number of aryl methyl sites for hydroxylation is 2. The van der Waals surface area contributed by atoms with Gasteiger partial charge >= 0.3 is 0 Å². The van der Waals surface area contributed by atoms with Crippen LogP contribution in [0.5, 0.6) is 11.5 Å². The summed E-state index contributed by atoms with van der Waals surface area (Å²) in [5.41, 5.74) is 3.66.